The van der Waals surface area contributed by atoms with Crippen molar-refractivity contribution in [1.29, 1.82) is 0 Å². The molecule has 0 aromatic heterocycles. The minimum absolute atomic E-state index is 0.0162. The second-order valence-electron chi connectivity index (χ2n) is 4.35. The average molecular weight is 258 g/mol. The van der Waals surface area contributed by atoms with Gasteiger partial charge >= 0.3 is 0 Å². The molecule has 3 heteroatoms. The molecule has 0 radical (unpaired) electrons. The number of carbonyl (C=O) groups is 1. The minimum Gasteiger partial charge on any atom is -0.308 e. The summed E-state index contributed by atoms with van der Waals surface area (Å²) in [5.74, 6) is 0.0162. The van der Waals surface area contributed by atoms with E-state index in [2.05, 4.69) is 6.07 Å². The number of hydrogen-bond donors (Lipinski definition) is 0. The van der Waals surface area contributed by atoms with Crippen LogP contribution in [0.15, 0.2) is 48.5 Å². The summed E-state index contributed by atoms with van der Waals surface area (Å²) in [5, 5.41) is 0.591. The maximum atomic E-state index is 12.4. The number of halogens is 1. The maximum Gasteiger partial charge on any atom is 0.258 e. The number of fused-ring (bicyclic) bond motifs is 1. The van der Waals surface area contributed by atoms with Crippen LogP contribution in [0.1, 0.15) is 15.9 Å². The number of para-hydroxylation sites is 1. The number of anilines is 1. The standard InChI is InChI=1S/C15H12ClNO/c16-13-6-3-5-12(10-13)15(18)17-9-8-11-4-1-2-7-14(11)17/h1-7,10H,8-9H2. The Labute approximate surface area is 111 Å². The molecule has 0 bridgehead atoms. The van der Waals surface area contributed by atoms with Crippen LogP contribution < -0.4 is 4.90 Å². The molecule has 0 aliphatic carbocycles. The van der Waals surface area contributed by atoms with E-state index in [1.807, 2.05) is 23.1 Å². The Hall–Kier alpha value is -1.80. The van der Waals surface area contributed by atoms with E-state index in [1.165, 1.54) is 5.56 Å². The highest BCUT2D eigenvalue weighted by Crippen LogP contribution is 2.29. The van der Waals surface area contributed by atoms with Gasteiger partial charge in [-0.25, -0.2) is 0 Å². The monoisotopic (exact) mass is 257 g/mol. The van der Waals surface area contributed by atoms with Gasteiger partial charge < -0.3 is 4.90 Å². The summed E-state index contributed by atoms with van der Waals surface area (Å²) >= 11 is 5.93. The Kier molecular flexibility index (Phi) is 2.80. The van der Waals surface area contributed by atoms with Crippen molar-refractivity contribution in [2.45, 2.75) is 6.42 Å². The van der Waals surface area contributed by atoms with Crippen molar-refractivity contribution < 1.29 is 4.79 Å². The van der Waals surface area contributed by atoms with Crippen molar-refractivity contribution >= 4 is 23.2 Å². The summed E-state index contributed by atoms with van der Waals surface area (Å²) in [7, 11) is 0. The Morgan fingerprint density at radius 2 is 1.94 bits per heavy atom. The van der Waals surface area contributed by atoms with Gasteiger partial charge in [-0.1, -0.05) is 35.9 Å². The summed E-state index contributed by atoms with van der Waals surface area (Å²) < 4.78 is 0. The van der Waals surface area contributed by atoms with E-state index >= 15 is 0 Å². The van der Waals surface area contributed by atoms with Gasteiger partial charge in [0.05, 0.1) is 0 Å². The van der Waals surface area contributed by atoms with E-state index in [4.69, 9.17) is 11.6 Å². The Morgan fingerprint density at radius 1 is 1.11 bits per heavy atom. The zero-order valence-electron chi connectivity index (χ0n) is 9.77. The van der Waals surface area contributed by atoms with Gasteiger partial charge in [-0.3, -0.25) is 4.79 Å². The predicted molar refractivity (Wildman–Crippen MR) is 73.3 cm³/mol. The van der Waals surface area contributed by atoms with Crippen LogP contribution in [0.5, 0.6) is 0 Å². The molecule has 2 nitrogen and oxygen atoms in total. The third-order valence-corrected chi connectivity index (χ3v) is 3.44. The lowest BCUT2D eigenvalue weighted by Gasteiger charge is -2.17. The summed E-state index contributed by atoms with van der Waals surface area (Å²) in [6.45, 7) is 0.741. The van der Waals surface area contributed by atoms with E-state index in [-0.39, 0.29) is 5.91 Å². The lowest BCUT2D eigenvalue weighted by molar-refractivity contribution is 0.0989. The number of nitrogens with zero attached hydrogens (tertiary/aromatic N) is 1. The van der Waals surface area contributed by atoms with Crippen LogP contribution in [0.4, 0.5) is 5.69 Å². The first kappa shape index (κ1) is 11.3. The summed E-state index contributed by atoms with van der Waals surface area (Å²) in [5.41, 5.74) is 2.88. The fourth-order valence-corrected chi connectivity index (χ4v) is 2.52. The highest BCUT2D eigenvalue weighted by Gasteiger charge is 2.24. The van der Waals surface area contributed by atoms with Crippen LogP contribution in [0, 0.1) is 0 Å². The first-order chi connectivity index (χ1) is 8.75. The first-order valence-electron chi connectivity index (χ1n) is 5.91. The van der Waals surface area contributed by atoms with Gasteiger partial charge in [-0.05, 0) is 36.2 Å². The van der Waals surface area contributed by atoms with E-state index in [9.17, 15) is 4.79 Å². The molecule has 1 amide bonds. The lowest BCUT2D eigenvalue weighted by Crippen LogP contribution is -2.28. The Bertz CT molecular complexity index is 609. The van der Waals surface area contributed by atoms with Crippen molar-refractivity contribution in [3.63, 3.8) is 0 Å². The first-order valence-corrected chi connectivity index (χ1v) is 6.29. The molecule has 1 aliphatic rings. The molecule has 0 saturated carbocycles. The molecule has 90 valence electrons. The number of amides is 1. The van der Waals surface area contributed by atoms with Crippen molar-refractivity contribution in [1.82, 2.24) is 0 Å². The van der Waals surface area contributed by atoms with Gasteiger partial charge in [0.1, 0.15) is 0 Å². The second kappa shape index (κ2) is 4.46. The Morgan fingerprint density at radius 3 is 2.78 bits per heavy atom. The lowest BCUT2D eigenvalue weighted by atomic mass is 10.1. The van der Waals surface area contributed by atoms with Crippen LogP contribution in [0.2, 0.25) is 5.02 Å². The second-order valence-corrected chi connectivity index (χ2v) is 4.78. The van der Waals surface area contributed by atoms with E-state index in [0.29, 0.717) is 10.6 Å². The normalized spacial score (nSPS) is 13.5. The van der Waals surface area contributed by atoms with Crippen LogP contribution >= 0.6 is 11.6 Å². The molecule has 0 spiro atoms. The molecule has 3 rings (SSSR count). The Balaban J connectivity index is 1.96. The van der Waals surface area contributed by atoms with Crippen molar-refractivity contribution in [3.05, 3.63) is 64.7 Å². The van der Waals surface area contributed by atoms with Gasteiger partial charge in [0.2, 0.25) is 0 Å². The predicted octanol–water partition coefficient (Wildman–Crippen LogP) is 3.54. The summed E-state index contributed by atoms with van der Waals surface area (Å²) in [6.07, 6.45) is 0.919. The molecule has 1 heterocycles. The smallest absolute Gasteiger partial charge is 0.258 e. The van der Waals surface area contributed by atoms with Gasteiger partial charge in [-0.15, -0.1) is 0 Å². The molecule has 0 fully saturated rings. The van der Waals surface area contributed by atoms with Gasteiger partial charge in [-0.2, -0.15) is 0 Å². The maximum absolute atomic E-state index is 12.4. The zero-order chi connectivity index (χ0) is 12.5. The molecular formula is C15H12ClNO. The molecule has 0 N–H and O–H groups in total. The molecule has 18 heavy (non-hydrogen) atoms. The molecule has 2 aromatic rings. The quantitative estimate of drug-likeness (QED) is 0.765. The number of rotatable bonds is 1. The molecular weight excluding hydrogens is 246 g/mol. The topological polar surface area (TPSA) is 20.3 Å². The molecule has 2 aromatic carbocycles. The molecule has 1 aliphatic heterocycles. The third kappa shape index (κ3) is 1.89. The van der Waals surface area contributed by atoms with Gasteiger partial charge in [0.25, 0.3) is 5.91 Å². The van der Waals surface area contributed by atoms with Crippen LogP contribution in [0.3, 0.4) is 0 Å². The highest BCUT2D eigenvalue weighted by atomic mass is 35.5. The van der Waals surface area contributed by atoms with Crippen LogP contribution in [-0.2, 0) is 6.42 Å². The largest absolute Gasteiger partial charge is 0.308 e. The van der Waals surface area contributed by atoms with E-state index < -0.39 is 0 Å². The number of hydrogen-bond acceptors (Lipinski definition) is 1. The minimum atomic E-state index is 0.0162. The van der Waals surface area contributed by atoms with Crippen LogP contribution in [-0.4, -0.2) is 12.5 Å². The van der Waals surface area contributed by atoms with Gasteiger partial charge in [0, 0.05) is 22.8 Å². The van der Waals surface area contributed by atoms with Crippen molar-refractivity contribution in [2.75, 3.05) is 11.4 Å². The van der Waals surface area contributed by atoms with Crippen molar-refractivity contribution in [2.24, 2.45) is 0 Å². The number of benzene rings is 2. The number of carbonyl (C=O) groups excluding carboxylic acids is 1. The van der Waals surface area contributed by atoms with Crippen LogP contribution in [0.25, 0.3) is 0 Å². The highest BCUT2D eigenvalue weighted by molar-refractivity contribution is 6.31. The van der Waals surface area contributed by atoms with Crippen molar-refractivity contribution in [3.8, 4) is 0 Å². The molecule has 0 saturated heterocycles. The van der Waals surface area contributed by atoms with E-state index in [1.54, 1.807) is 24.3 Å². The molecule has 0 unspecified atom stereocenters. The third-order valence-electron chi connectivity index (χ3n) is 3.20. The van der Waals surface area contributed by atoms with E-state index in [0.717, 1.165) is 18.7 Å². The zero-order valence-corrected chi connectivity index (χ0v) is 10.5. The fourth-order valence-electron chi connectivity index (χ4n) is 2.33. The average Bonchev–Trinajstić information content (AvgIpc) is 2.82. The SMILES string of the molecule is O=C(c1cccc(Cl)c1)N1CCc2ccccc21. The van der Waals surface area contributed by atoms with Gasteiger partial charge in [0.15, 0.2) is 0 Å². The summed E-state index contributed by atoms with van der Waals surface area (Å²) in [4.78, 5) is 14.2. The summed E-state index contributed by atoms with van der Waals surface area (Å²) in [6, 6.07) is 15.1. The fraction of sp³-hybridized carbons (Fsp3) is 0.133. The molecule has 0 atom stereocenters.